The van der Waals surface area contributed by atoms with Gasteiger partial charge >= 0.3 is 0 Å². The number of carbonyl (C=O) groups excluding carboxylic acids is 1. The van der Waals surface area contributed by atoms with Gasteiger partial charge in [0.05, 0.1) is 0 Å². The van der Waals surface area contributed by atoms with Gasteiger partial charge in [0, 0.05) is 6.42 Å². The highest BCUT2D eigenvalue weighted by Gasteiger charge is 1.95. The van der Waals surface area contributed by atoms with E-state index >= 15 is 0 Å². The largest absolute Gasteiger partial charge is 0.295 e. The Morgan fingerprint density at radius 3 is 2.69 bits per heavy atom. The van der Waals surface area contributed by atoms with Gasteiger partial charge in [0.2, 0.25) is 0 Å². The van der Waals surface area contributed by atoms with Crippen LogP contribution in [0.4, 0.5) is 0 Å². The molecule has 0 amide bonds. The average molecular weight is 180 g/mol. The first-order valence-corrected chi connectivity index (χ1v) is 5.11. The van der Waals surface area contributed by atoms with E-state index < -0.39 is 0 Å². The highest BCUT2D eigenvalue weighted by atomic mass is 16.1. The van der Waals surface area contributed by atoms with Crippen molar-refractivity contribution in [2.45, 2.75) is 45.4 Å². The molecule has 1 heteroatoms. The fourth-order valence-corrected chi connectivity index (χ4v) is 1.10. The maximum Gasteiger partial charge on any atom is 0.155 e. The lowest BCUT2D eigenvalue weighted by Gasteiger charge is -1.95. The Morgan fingerprint density at radius 2 is 2.08 bits per heavy atom. The van der Waals surface area contributed by atoms with Crippen LogP contribution in [0.15, 0.2) is 24.8 Å². The molecular formula is C12H20O. The Balaban J connectivity index is 3.26. The number of carbonyl (C=O) groups is 1. The molecule has 0 radical (unpaired) electrons. The number of ketones is 1. The zero-order chi connectivity index (χ0) is 9.94. The third kappa shape index (κ3) is 9.06. The van der Waals surface area contributed by atoms with Crippen LogP contribution in [0.25, 0.3) is 0 Å². The van der Waals surface area contributed by atoms with E-state index in [9.17, 15) is 4.79 Å². The molecule has 0 aliphatic carbocycles. The molecule has 0 fully saturated rings. The molecule has 74 valence electrons. The number of unbranched alkanes of at least 4 members (excludes halogenated alkanes) is 3. The van der Waals surface area contributed by atoms with Gasteiger partial charge in [0.25, 0.3) is 0 Å². The van der Waals surface area contributed by atoms with Crippen molar-refractivity contribution in [1.82, 2.24) is 0 Å². The van der Waals surface area contributed by atoms with Gasteiger partial charge in [-0.1, -0.05) is 25.5 Å². The topological polar surface area (TPSA) is 17.1 Å². The molecule has 0 bridgehead atoms. The van der Waals surface area contributed by atoms with Crippen LogP contribution in [0.1, 0.15) is 45.4 Å². The maximum absolute atomic E-state index is 11.1. The summed E-state index contributed by atoms with van der Waals surface area (Å²) in [5.74, 6) is 0.264. The van der Waals surface area contributed by atoms with Gasteiger partial charge in [-0.25, -0.2) is 0 Å². The maximum atomic E-state index is 11.1. The van der Waals surface area contributed by atoms with E-state index in [0.29, 0.717) is 6.42 Å². The van der Waals surface area contributed by atoms with Crippen LogP contribution in [0.3, 0.4) is 0 Å². The minimum Gasteiger partial charge on any atom is -0.295 e. The molecule has 0 rings (SSSR count). The van der Waals surface area contributed by atoms with E-state index in [1.807, 2.05) is 19.1 Å². The molecule has 13 heavy (non-hydrogen) atoms. The lowest BCUT2D eigenvalue weighted by atomic mass is 10.1. The summed E-state index contributed by atoms with van der Waals surface area (Å²) in [4.78, 5) is 11.1. The Labute approximate surface area is 81.5 Å². The van der Waals surface area contributed by atoms with Gasteiger partial charge in [-0.05, 0) is 31.8 Å². The van der Waals surface area contributed by atoms with Gasteiger partial charge in [-0.15, -0.1) is 6.58 Å². The first-order valence-electron chi connectivity index (χ1n) is 5.11. The Hall–Kier alpha value is -0.850. The fourth-order valence-electron chi connectivity index (χ4n) is 1.10. The van der Waals surface area contributed by atoms with Gasteiger partial charge < -0.3 is 0 Å². The number of rotatable bonds is 8. The molecule has 1 nitrogen and oxygen atoms in total. The zero-order valence-corrected chi connectivity index (χ0v) is 8.59. The molecule has 0 spiro atoms. The van der Waals surface area contributed by atoms with Crippen LogP contribution < -0.4 is 0 Å². The quantitative estimate of drug-likeness (QED) is 0.316. The summed E-state index contributed by atoms with van der Waals surface area (Å²) in [5, 5.41) is 0. The van der Waals surface area contributed by atoms with Crippen molar-refractivity contribution in [2.75, 3.05) is 0 Å². The van der Waals surface area contributed by atoms with Crippen LogP contribution >= 0.6 is 0 Å². The van der Waals surface area contributed by atoms with Crippen LogP contribution in [-0.4, -0.2) is 5.78 Å². The predicted octanol–water partition coefficient (Wildman–Crippen LogP) is 3.66. The van der Waals surface area contributed by atoms with Gasteiger partial charge in [0.1, 0.15) is 0 Å². The summed E-state index contributed by atoms with van der Waals surface area (Å²) in [6.45, 7) is 5.69. The molecule has 0 N–H and O–H groups in total. The molecule has 0 heterocycles. The summed E-state index contributed by atoms with van der Waals surface area (Å²) >= 11 is 0. The SMILES string of the molecule is C=CCCCCCC(=O)/C=C/CC. The predicted molar refractivity (Wildman–Crippen MR) is 57.7 cm³/mol. The highest BCUT2D eigenvalue weighted by molar-refractivity contribution is 5.89. The Kier molecular flexibility index (Phi) is 8.64. The number of hydrogen-bond acceptors (Lipinski definition) is 1. The van der Waals surface area contributed by atoms with E-state index in [-0.39, 0.29) is 5.78 Å². The lowest BCUT2D eigenvalue weighted by Crippen LogP contribution is -1.91. The van der Waals surface area contributed by atoms with Crippen LogP contribution in [0.2, 0.25) is 0 Å². The Morgan fingerprint density at radius 1 is 1.31 bits per heavy atom. The van der Waals surface area contributed by atoms with Crippen molar-refractivity contribution in [3.63, 3.8) is 0 Å². The highest BCUT2D eigenvalue weighted by Crippen LogP contribution is 2.04. The normalized spacial score (nSPS) is 10.5. The van der Waals surface area contributed by atoms with Crippen LogP contribution in [0, 0.1) is 0 Å². The summed E-state index contributed by atoms with van der Waals surface area (Å²) in [6.07, 6.45) is 11.6. The van der Waals surface area contributed by atoms with Crippen molar-refractivity contribution in [1.29, 1.82) is 0 Å². The zero-order valence-electron chi connectivity index (χ0n) is 8.59. The van der Waals surface area contributed by atoms with E-state index in [4.69, 9.17) is 0 Å². The molecule has 0 aliphatic rings. The molecule has 0 aliphatic heterocycles. The molecule has 0 unspecified atom stereocenters. The van der Waals surface area contributed by atoms with E-state index in [1.165, 1.54) is 0 Å². The van der Waals surface area contributed by atoms with E-state index in [2.05, 4.69) is 6.58 Å². The minimum absolute atomic E-state index is 0.264. The molecule has 0 aromatic carbocycles. The summed E-state index contributed by atoms with van der Waals surface area (Å²) in [6, 6.07) is 0. The standard InChI is InChI=1S/C12H20O/c1-3-5-7-8-9-11-12(13)10-6-4-2/h3,6,10H,1,4-5,7-9,11H2,2H3/b10-6+. The molecule has 0 atom stereocenters. The van der Waals surface area contributed by atoms with Crippen molar-refractivity contribution < 1.29 is 4.79 Å². The van der Waals surface area contributed by atoms with Gasteiger partial charge in [-0.3, -0.25) is 4.79 Å². The second-order valence-electron chi connectivity index (χ2n) is 3.16. The summed E-state index contributed by atoms with van der Waals surface area (Å²) in [5.41, 5.74) is 0. The first-order chi connectivity index (χ1) is 6.31. The molecule has 0 aromatic heterocycles. The molecule has 0 aromatic rings. The van der Waals surface area contributed by atoms with Crippen LogP contribution in [-0.2, 0) is 4.79 Å². The van der Waals surface area contributed by atoms with Crippen LogP contribution in [0.5, 0.6) is 0 Å². The molecule has 0 saturated heterocycles. The average Bonchev–Trinajstić information content (AvgIpc) is 2.14. The molecular weight excluding hydrogens is 160 g/mol. The smallest absolute Gasteiger partial charge is 0.155 e. The monoisotopic (exact) mass is 180 g/mol. The second kappa shape index (κ2) is 9.24. The van der Waals surface area contributed by atoms with Crippen molar-refractivity contribution in [3.05, 3.63) is 24.8 Å². The van der Waals surface area contributed by atoms with Crippen molar-refractivity contribution in [2.24, 2.45) is 0 Å². The fraction of sp³-hybridized carbons (Fsp3) is 0.583. The Bertz CT molecular complexity index is 168. The summed E-state index contributed by atoms with van der Waals surface area (Å²) in [7, 11) is 0. The van der Waals surface area contributed by atoms with Gasteiger partial charge in [-0.2, -0.15) is 0 Å². The van der Waals surface area contributed by atoms with Crippen molar-refractivity contribution >= 4 is 5.78 Å². The number of allylic oxidation sites excluding steroid dienone is 3. The third-order valence-electron chi connectivity index (χ3n) is 1.87. The van der Waals surface area contributed by atoms with Gasteiger partial charge in [0.15, 0.2) is 5.78 Å². The first kappa shape index (κ1) is 12.2. The number of hydrogen-bond donors (Lipinski definition) is 0. The van der Waals surface area contributed by atoms with Crippen molar-refractivity contribution in [3.8, 4) is 0 Å². The summed E-state index contributed by atoms with van der Waals surface area (Å²) < 4.78 is 0. The van der Waals surface area contributed by atoms with E-state index in [0.717, 1.165) is 32.1 Å². The third-order valence-corrected chi connectivity index (χ3v) is 1.87. The second-order valence-corrected chi connectivity index (χ2v) is 3.16. The minimum atomic E-state index is 0.264. The molecule has 0 saturated carbocycles. The lowest BCUT2D eigenvalue weighted by molar-refractivity contribution is -0.114. The van der Waals surface area contributed by atoms with E-state index in [1.54, 1.807) is 6.08 Å².